The molecule has 0 aliphatic heterocycles. The topological polar surface area (TPSA) is 70.4 Å². The summed E-state index contributed by atoms with van der Waals surface area (Å²) >= 11 is 0. The van der Waals surface area contributed by atoms with E-state index in [4.69, 9.17) is 5.11 Å². The lowest BCUT2D eigenvalue weighted by atomic mass is 10.0. The van der Waals surface area contributed by atoms with Gasteiger partial charge in [-0.2, -0.15) is 0 Å². The highest BCUT2D eigenvalue weighted by Crippen LogP contribution is 2.30. The molecule has 0 bridgehead atoms. The molecule has 0 radical (unpaired) electrons. The number of benzene rings is 1. The van der Waals surface area contributed by atoms with Gasteiger partial charge in [-0.15, -0.1) is 0 Å². The van der Waals surface area contributed by atoms with Crippen LogP contribution in [0.15, 0.2) is 18.2 Å². The number of aromatic nitrogens is 1. The Bertz CT molecular complexity index is 590. The summed E-state index contributed by atoms with van der Waals surface area (Å²) in [5.74, 6) is -1.35. The number of fused-ring (bicyclic) bond motifs is 1. The largest absolute Gasteiger partial charge is 0.506 e. The van der Waals surface area contributed by atoms with Crippen LogP contribution in [-0.2, 0) is 0 Å². The molecule has 1 aromatic carbocycles. The molecule has 1 aromatic heterocycles. The van der Waals surface area contributed by atoms with Crippen LogP contribution in [0, 0.1) is 13.8 Å². The van der Waals surface area contributed by atoms with E-state index in [0.717, 1.165) is 11.3 Å². The van der Waals surface area contributed by atoms with Gasteiger partial charge in [0.2, 0.25) is 0 Å². The first-order chi connectivity index (χ1) is 7.50. The quantitative estimate of drug-likeness (QED) is 0.768. The van der Waals surface area contributed by atoms with E-state index in [1.807, 2.05) is 19.9 Å². The average molecular weight is 217 g/mol. The van der Waals surface area contributed by atoms with Crippen molar-refractivity contribution in [2.45, 2.75) is 13.8 Å². The molecule has 0 fully saturated rings. The Kier molecular flexibility index (Phi) is 2.27. The number of carboxylic acid groups (broad SMARTS) is 1. The third kappa shape index (κ3) is 1.48. The van der Waals surface area contributed by atoms with Gasteiger partial charge < -0.3 is 10.2 Å². The molecule has 4 heteroatoms. The molecule has 0 atom stereocenters. The van der Waals surface area contributed by atoms with Gasteiger partial charge in [0.05, 0.1) is 5.52 Å². The first-order valence-corrected chi connectivity index (χ1v) is 4.84. The zero-order valence-electron chi connectivity index (χ0n) is 8.98. The molecule has 2 aromatic rings. The molecule has 82 valence electrons. The van der Waals surface area contributed by atoms with E-state index < -0.39 is 5.97 Å². The molecule has 16 heavy (non-hydrogen) atoms. The SMILES string of the molecule is Cc1cc(C)c2c(O)c(C(=O)O)ccc2n1. The lowest BCUT2D eigenvalue weighted by molar-refractivity contribution is 0.0694. The number of pyridine rings is 1. The maximum absolute atomic E-state index is 10.9. The molecule has 0 saturated carbocycles. The van der Waals surface area contributed by atoms with Crippen LogP contribution in [-0.4, -0.2) is 21.2 Å². The summed E-state index contributed by atoms with van der Waals surface area (Å²) in [6, 6.07) is 4.79. The summed E-state index contributed by atoms with van der Waals surface area (Å²) in [5.41, 5.74) is 2.18. The van der Waals surface area contributed by atoms with E-state index in [0.29, 0.717) is 10.9 Å². The molecule has 1 heterocycles. The molecule has 2 N–H and O–H groups in total. The number of carboxylic acids is 1. The smallest absolute Gasteiger partial charge is 0.339 e. The predicted molar refractivity (Wildman–Crippen MR) is 59.8 cm³/mol. The van der Waals surface area contributed by atoms with Crippen molar-refractivity contribution in [1.82, 2.24) is 4.98 Å². The van der Waals surface area contributed by atoms with Gasteiger partial charge in [0, 0.05) is 11.1 Å². The van der Waals surface area contributed by atoms with Gasteiger partial charge in [-0.1, -0.05) is 0 Å². The molecule has 0 saturated heterocycles. The first-order valence-electron chi connectivity index (χ1n) is 4.84. The monoisotopic (exact) mass is 217 g/mol. The van der Waals surface area contributed by atoms with E-state index >= 15 is 0 Å². The summed E-state index contributed by atoms with van der Waals surface area (Å²) in [6.45, 7) is 3.68. The summed E-state index contributed by atoms with van der Waals surface area (Å²) in [6.07, 6.45) is 0. The highest BCUT2D eigenvalue weighted by Gasteiger charge is 2.14. The summed E-state index contributed by atoms with van der Waals surface area (Å²) in [4.78, 5) is 15.1. The van der Waals surface area contributed by atoms with Crippen molar-refractivity contribution in [1.29, 1.82) is 0 Å². The van der Waals surface area contributed by atoms with Crippen LogP contribution in [0.3, 0.4) is 0 Å². The number of nitrogens with zero attached hydrogens (tertiary/aromatic N) is 1. The number of carbonyl (C=O) groups is 1. The normalized spacial score (nSPS) is 10.6. The Morgan fingerprint density at radius 1 is 1.31 bits per heavy atom. The minimum Gasteiger partial charge on any atom is -0.506 e. The molecule has 0 unspecified atom stereocenters. The molecule has 0 spiro atoms. The predicted octanol–water partition coefficient (Wildman–Crippen LogP) is 2.26. The van der Waals surface area contributed by atoms with Crippen LogP contribution in [0.1, 0.15) is 21.6 Å². The second-order valence-electron chi connectivity index (χ2n) is 3.74. The molecular formula is C12H11NO3. The molecule has 0 aliphatic carbocycles. The number of hydrogen-bond acceptors (Lipinski definition) is 3. The van der Waals surface area contributed by atoms with E-state index in [2.05, 4.69) is 4.98 Å². The highest BCUT2D eigenvalue weighted by atomic mass is 16.4. The van der Waals surface area contributed by atoms with Crippen LogP contribution in [0.25, 0.3) is 10.9 Å². The summed E-state index contributed by atoms with van der Waals surface area (Å²) < 4.78 is 0. The minimum absolute atomic E-state index is 0.0961. The van der Waals surface area contributed by atoms with Gasteiger partial charge in [-0.05, 0) is 37.6 Å². The number of rotatable bonds is 1. The molecular weight excluding hydrogens is 206 g/mol. The number of phenols is 1. The van der Waals surface area contributed by atoms with E-state index in [9.17, 15) is 9.90 Å². The molecule has 0 amide bonds. The second-order valence-corrected chi connectivity index (χ2v) is 3.74. The summed E-state index contributed by atoms with van der Waals surface area (Å²) in [5, 5.41) is 19.3. The van der Waals surface area contributed by atoms with Gasteiger partial charge in [-0.25, -0.2) is 4.79 Å². The molecule has 2 rings (SSSR count). The Hall–Kier alpha value is -2.10. The van der Waals surface area contributed by atoms with Crippen LogP contribution >= 0.6 is 0 Å². The fraction of sp³-hybridized carbons (Fsp3) is 0.167. The summed E-state index contributed by atoms with van der Waals surface area (Å²) in [7, 11) is 0. The van der Waals surface area contributed by atoms with Gasteiger partial charge in [0.15, 0.2) is 0 Å². The van der Waals surface area contributed by atoms with Crippen molar-refractivity contribution in [3.63, 3.8) is 0 Å². The van der Waals surface area contributed by atoms with Gasteiger partial charge in [0.25, 0.3) is 0 Å². The number of aryl methyl sites for hydroxylation is 2. The minimum atomic E-state index is -1.14. The maximum atomic E-state index is 10.9. The Morgan fingerprint density at radius 2 is 2.00 bits per heavy atom. The standard InChI is InChI=1S/C12H11NO3/c1-6-5-7(2)13-9-4-3-8(12(15)16)11(14)10(6)9/h3-5,14H,1-2H3,(H,15,16). The molecule has 0 aliphatic rings. The lowest BCUT2D eigenvalue weighted by Gasteiger charge is -2.07. The fourth-order valence-corrected chi connectivity index (χ4v) is 1.84. The number of aromatic hydroxyl groups is 1. The third-order valence-corrected chi connectivity index (χ3v) is 2.50. The van der Waals surface area contributed by atoms with Gasteiger partial charge >= 0.3 is 5.97 Å². The molecule has 4 nitrogen and oxygen atoms in total. The average Bonchev–Trinajstić information content (AvgIpc) is 2.15. The van der Waals surface area contributed by atoms with Crippen molar-refractivity contribution < 1.29 is 15.0 Å². The lowest BCUT2D eigenvalue weighted by Crippen LogP contribution is -1.98. The van der Waals surface area contributed by atoms with Crippen molar-refractivity contribution in [3.05, 3.63) is 35.0 Å². The van der Waals surface area contributed by atoms with E-state index in [-0.39, 0.29) is 11.3 Å². The van der Waals surface area contributed by atoms with Gasteiger partial charge in [0.1, 0.15) is 11.3 Å². The number of aromatic carboxylic acids is 1. The third-order valence-electron chi connectivity index (χ3n) is 2.50. The zero-order valence-corrected chi connectivity index (χ0v) is 8.98. The van der Waals surface area contributed by atoms with E-state index in [1.54, 1.807) is 6.07 Å². The van der Waals surface area contributed by atoms with E-state index in [1.165, 1.54) is 6.07 Å². The van der Waals surface area contributed by atoms with Crippen LogP contribution in [0.4, 0.5) is 0 Å². The first kappa shape index (κ1) is 10.4. The zero-order chi connectivity index (χ0) is 11.9. The number of hydrogen-bond donors (Lipinski definition) is 2. The van der Waals surface area contributed by atoms with Crippen LogP contribution in [0.5, 0.6) is 5.75 Å². The van der Waals surface area contributed by atoms with Crippen molar-refractivity contribution in [3.8, 4) is 5.75 Å². The van der Waals surface area contributed by atoms with Crippen molar-refractivity contribution in [2.24, 2.45) is 0 Å². The Balaban J connectivity index is 2.89. The van der Waals surface area contributed by atoms with Crippen molar-refractivity contribution >= 4 is 16.9 Å². The maximum Gasteiger partial charge on any atom is 0.339 e. The van der Waals surface area contributed by atoms with Crippen LogP contribution in [0.2, 0.25) is 0 Å². The van der Waals surface area contributed by atoms with Crippen molar-refractivity contribution in [2.75, 3.05) is 0 Å². The highest BCUT2D eigenvalue weighted by molar-refractivity contribution is 6.00. The Morgan fingerprint density at radius 3 is 2.62 bits per heavy atom. The fourth-order valence-electron chi connectivity index (χ4n) is 1.84. The Labute approximate surface area is 92.2 Å². The van der Waals surface area contributed by atoms with Crippen LogP contribution < -0.4 is 0 Å². The second kappa shape index (κ2) is 3.48. The van der Waals surface area contributed by atoms with Gasteiger partial charge in [-0.3, -0.25) is 4.98 Å².